The number of ether oxygens (including phenoxy) is 1. The highest BCUT2D eigenvalue weighted by atomic mass is 35.5. The van der Waals surface area contributed by atoms with Gasteiger partial charge in [-0.1, -0.05) is 11.6 Å². The van der Waals surface area contributed by atoms with Gasteiger partial charge < -0.3 is 15.0 Å². The van der Waals surface area contributed by atoms with E-state index in [1.54, 1.807) is 36.7 Å². The molecule has 1 amide bonds. The fraction of sp³-hybridized carbons (Fsp3) is 0.0952. The van der Waals surface area contributed by atoms with E-state index in [9.17, 15) is 9.59 Å². The number of carbonyl (C=O) groups excluding carboxylic acids is 1. The number of halogens is 1. The SMILES string of the molecule is O=C(NCc1ccncc1)c1cc(OCc2nc3cnccc3c(=O)[nH]2)ccc1Cl. The average molecular weight is 422 g/mol. The van der Waals surface area contributed by atoms with Gasteiger partial charge in [0.1, 0.15) is 18.2 Å². The Balaban J connectivity index is 1.46. The zero-order chi connectivity index (χ0) is 20.9. The summed E-state index contributed by atoms with van der Waals surface area (Å²) >= 11 is 6.18. The third-order valence-electron chi connectivity index (χ3n) is 4.32. The molecule has 8 nitrogen and oxygen atoms in total. The second-order valence-corrected chi connectivity index (χ2v) is 6.78. The maximum atomic E-state index is 12.5. The van der Waals surface area contributed by atoms with Crippen LogP contribution in [0, 0.1) is 0 Å². The zero-order valence-electron chi connectivity index (χ0n) is 15.6. The predicted octanol–water partition coefficient (Wildman–Crippen LogP) is 2.88. The van der Waals surface area contributed by atoms with Crippen molar-refractivity contribution in [2.45, 2.75) is 13.2 Å². The van der Waals surface area contributed by atoms with Gasteiger partial charge in [-0.3, -0.25) is 19.6 Å². The van der Waals surface area contributed by atoms with Gasteiger partial charge >= 0.3 is 0 Å². The van der Waals surface area contributed by atoms with E-state index in [2.05, 4.69) is 25.3 Å². The number of hydrogen-bond donors (Lipinski definition) is 2. The third kappa shape index (κ3) is 4.44. The van der Waals surface area contributed by atoms with Gasteiger partial charge in [-0.25, -0.2) is 4.98 Å². The van der Waals surface area contributed by atoms with Crippen molar-refractivity contribution in [2.75, 3.05) is 0 Å². The summed E-state index contributed by atoms with van der Waals surface area (Å²) in [5.74, 6) is 0.437. The summed E-state index contributed by atoms with van der Waals surface area (Å²) in [6.07, 6.45) is 6.36. The van der Waals surface area contributed by atoms with Crippen LogP contribution in [0.5, 0.6) is 5.75 Å². The summed E-state index contributed by atoms with van der Waals surface area (Å²) in [6.45, 7) is 0.360. The normalized spacial score (nSPS) is 10.7. The number of pyridine rings is 2. The van der Waals surface area contributed by atoms with E-state index in [0.717, 1.165) is 5.56 Å². The van der Waals surface area contributed by atoms with Crippen molar-refractivity contribution in [3.63, 3.8) is 0 Å². The number of amides is 1. The van der Waals surface area contributed by atoms with E-state index in [1.165, 1.54) is 12.4 Å². The molecule has 0 aliphatic rings. The summed E-state index contributed by atoms with van der Waals surface area (Å²) in [5, 5.41) is 3.57. The van der Waals surface area contributed by atoms with Crippen molar-refractivity contribution in [3.8, 4) is 5.75 Å². The van der Waals surface area contributed by atoms with Gasteiger partial charge in [0.2, 0.25) is 0 Å². The first kappa shape index (κ1) is 19.5. The lowest BCUT2D eigenvalue weighted by molar-refractivity contribution is 0.0950. The van der Waals surface area contributed by atoms with Gasteiger partial charge in [0, 0.05) is 25.1 Å². The molecule has 0 atom stereocenters. The Labute approximate surface area is 175 Å². The molecule has 0 saturated carbocycles. The van der Waals surface area contributed by atoms with Gasteiger partial charge in [0.25, 0.3) is 11.5 Å². The molecule has 150 valence electrons. The molecular weight excluding hydrogens is 406 g/mol. The number of aromatic nitrogens is 4. The molecule has 9 heteroatoms. The Morgan fingerprint density at radius 1 is 1.10 bits per heavy atom. The van der Waals surface area contributed by atoms with Crippen LogP contribution in [0.25, 0.3) is 10.9 Å². The molecule has 0 bridgehead atoms. The van der Waals surface area contributed by atoms with Crippen LogP contribution in [-0.4, -0.2) is 25.8 Å². The lowest BCUT2D eigenvalue weighted by Gasteiger charge is -2.10. The van der Waals surface area contributed by atoms with Gasteiger partial charge in [-0.05, 0) is 42.0 Å². The molecule has 3 aromatic heterocycles. The van der Waals surface area contributed by atoms with Crippen molar-refractivity contribution >= 4 is 28.4 Å². The summed E-state index contributed by atoms with van der Waals surface area (Å²) in [4.78, 5) is 39.6. The number of aromatic amines is 1. The van der Waals surface area contributed by atoms with Crippen molar-refractivity contribution in [3.05, 3.63) is 93.5 Å². The molecule has 0 aliphatic heterocycles. The van der Waals surface area contributed by atoms with Crippen LogP contribution in [0.4, 0.5) is 0 Å². The van der Waals surface area contributed by atoms with Crippen molar-refractivity contribution in [2.24, 2.45) is 0 Å². The summed E-state index contributed by atoms with van der Waals surface area (Å²) in [5.41, 5.74) is 1.41. The molecule has 0 spiro atoms. The molecule has 30 heavy (non-hydrogen) atoms. The summed E-state index contributed by atoms with van der Waals surface area (Å²) in [6, 6.07) is 10.00. The topological polar surface area (TPSA) is 110 Å². The number of H-pyrrole nitrogens is 1. The first-order valence-corrected chi connectivity index (χ1v) is 9.40. The molecule has 0 aliphatic carbocycles. The monoisotopic (exact) mass is 421 g/mol. The molecule has 4 rings (SSSR count). The first-order valence-electron chi connectivity index (χ1n) is 9.02. The van der Waals surface area contributed by atoms with Gasteiger partial charge in [0.15, 0.2) is 0 Å². The Kier molecular flexibility index (Phi) is 5.67. The Morgan fingerprint density at radius 2 is 1.90 bits per heavy atom. The fourth-order valence-electron chi connectivity index (χ4n) is 2.81. The highest BCUT2D eigenvalue weighted by Crippen LogP contribution is 2.23. The minimum atomic E-state index is -0.328. The summed E-state index contributed by atoms with van der Waals surface area (Å²) in [7, 11) is 0. The molecule has 0 saturated heterocycles. The number of benzene rings is 1. The summed E-state index contributed by atoms with van der Waals surface area (Å²) < 4.78 is 5.70. The lowest BCUT2D eigenvalue weighted by Crippen LogP contribution is -2.23. The fourth-order valence-corrected chi connectivity index (χ4v) is 3.01. The first-order chi connectivity index (χ1) is 14.6. The van der Waals surface area contributed by atoms with E-state index >= 15 is 0 Å². The molecule has 0 unspecified atom stereocenters. The maximum Gasteiger partial charge on any atom is 0.258 e. The van der Waals surface area contributed by atoms with Crippen molar-refractivity contribution in [1.82, 2.24) is 25.3 Å². The van der Waals surface area contributed by atoms with Gasteiger partial charge in [-0.2, -0.15) is 0 Å². The number of fused-ring (bicyclic) bond motifs is 1. The van der Waals surface area contributed by atoms with Crippen LogP contribution < -0.4 is 15.6 Å². The quantitative estimate of drug-likeness (QED) is 0.495. The largest absolute Gasteiger partial charge is 0.486 e. The van der Waals surface area contributed by atoms with E-state index in [1.807, 2.05) is 12.1 Å². The van der Waals surface area contributed by atoms with E-state index in [-0.39, 0.29) is 23.6 Å². The molecule has 2 N–H and O–H groups in total. The number of nitrogens with zero attached hydrogens (tertiary/aromatic N) is 3. The Morgan fingerprint density at radius 3 is 2.73 bits per heavy atom. The molecule has 4 aromatic rings. The van der Waals surface area contributed by atoms with Crippen LogP contribution in [0.2, 0.25) is 5.02 Å². The van der Waals surface area contributed by atoms with Crippen LogP contribution in [0.1, 0.15) is 21.7 Å². The number of nitrogens with one attached hydrogen (secondary N) is 2. The Hall–Kier alpha value is -3.78. The molecule has 3 heterocycles. The number of rotatable bonds is 6. The van der Waals surface area contributed by atoms with E-state index in [4.69, 9.17) is 16.3 Å². The Bertz CT molecular complexity index is 1260. The number of hydrogen-bond acceptors (Lipinski definition) is 6. The van der Waals surface area contributed by atoms with Crippen molar-refractivity contribution in [1.29, 1.82) is 0 Å². The highest BCUT2D eigenvalue weighted by molar-refractivity contribution is 6.33. The zero-order valence-corrected chi connectivity index (χ0v) is 16.4. The molecular formula is C21H16ClN5O3. The molecule has 0 radical (unpaired) electrons. The third-order valence-corrected chi connectivity index (χ3v) is 4.65. The average Bonchev–Trinajstić information content (AvgIpc) is 2.77. The lowest BCUT2D eigenvalue weighted by atomic mass is 10.2. The number of carbonyl (C=O) groups is 1. The van der Waals surface area contributed by atoms with Gasteiger partial charge in [0.05, 0.1) is 27.7 Å². The smallest absolute Gasteiger partial charge is 0.258 e. The predicted molar refractivity (Wildman–Crippen MR) is 111 cm³/mol. The highest BCUT2D eigenvalue weighted by Gasteiger charge is 2.12. The van der Waals surface area contributed by atoms with Crippen LogP contribution in [0.3, 0.4) is 0 Å². The maximum absolute atomic E-state index is 12.5. The molecule has 0 fully saturated rings. The standard InChI is InChI=1S/C21H16ClN5O3/c22-17-2-1-14(9-16(17)20(28)25-10-13-3-6-23-7-4-13)30-12-19-26-18-11-24-8-5-15(18)21(29)27-19/h1-9,11H,10,12H2,(H,25,28)(H,26,27,29). The van der Waals surface area contributed by atoms with Crippen LogP contribution >= 0.6 is 11.6 Å². The van der Waals surface area contributed by atoms with Crippen LogP contribution in [-0.2, 0) is 13.2 Å². The minimum absolute atomic E-state index is 0.0137. The van der Waals surface area contributed by atoms with Crippen LogP contribution in [0.15, 0.2) is 66.0 Å². The van der Waals surface area contributed by atoms with Gasteiger partial charge in [-0.15, -0.1) is 0 Å². The molecule has 1 aromatic carbocycles. The van der Waals surface area contributed by atoms with E-state index in [0.29, 0.717) is 34.0 Å². The van der Waals surface area contributed by atoms with Crippen molar-refractivity contribution < 1.29 is 9.53 Å². The second-order valence-electron chi connectivity index (χ2n) is 6.37. The van der Waals surface area contributed by atoms with E-state index < -0.39 is 0 Å². The second kappa shape index (κ2) is 8.71. The minimum Gasteiger partial charge on any atom is -0.486 e.